The monoisotopic (exact) mass is 155 g/mol. The summed E-state index contributed by atoms with van der Waals surface area (Å²) >= 11 is 0. The van der Waals surface area contributed by atoms with E-state index in [1.807, 2.05) is 0 Å². The van der Waals surface area contributed by atoms with Gasteiger partial charge in [-0.1, -0.05) is 6.58 Å². The number of carbonyl (C=O) groups is 1. The Kier molecular flexibility index (Phi) is 2.65. The van der Waals surface area contributed by atoms with Gasteiger partial charge >= 0.3 is 0 Å². The molecule has 1 heterocycles. The van der Waals surface area contributed by atoms with Crippen LogP contribution in [0, 0.1) is 0 Å². The second-order valence-electron chi connectivity index (χ2n) is 2.78. The van der Waals surface area contributed by atoms with Crippen LogP contribution in [0.4, 0.5) is 0 Å². The van der Waals surface area contributed by atoms with Crippen molar-refractivity contribution in [1.82, 2.24) is 4.90 Å². The zero-order chi connectivity index (χ0) is 8.27. The number of piperidine rings is 1. The number of aliphatic hydroxyl groups is 1. The third-order valence-electron chi connectivity index (χ3n) is 1.88. The second kappa shape index (κ2) is 3.53. The van der Waals surface area contributed by atoms with Gasteiger partial charge in [0.1, 0.15) is 0 Å². The van der Waals surface area contributed by atoms with Gasteiger partial charge in [-0.2, -0.15) is 0 Å². The molecule has 11 heavy (non-hydrogen) atoms. The van der Waals surface area contributed by atoms with E-state index in [-0.39, 0.29) is 12.0 Å². The number of carbonyl (C=O) groups excluding carboxylic acids is 1. The standard InChI is InChI=1S/C8H13NO2/c1-2-8(11)9-5-3-4-7(10)6-9/h2,7,10H,1,3-6H2/t7-/m1/s1. The van der Waals surface area contributed by atoms with Crippen LogP contribution >= 0.6 is 0 Å². The van der Waals surface area contributed by atoms with Crippen molar-refractivity contribution < 1.29 is 9.90 Å². The summed E-state index contributed by atoms with van der Waals surface area (Å²) in [6.45, 7) is 4.60. The van der Waals surface area contributed by atoms with Crippen LogP contribution in [0.25, 0.3) is 0 Å². The smallest absolute Gasteiger partial charge is 0.246 e. The lowest BCUT2D eigenvalue weighted by molar-refractivity contribution is -0.128. The molecule has 1 N–H and O–H groups in total. The molecule has 1 amide bonds. The normalized spacial score (nSPS) is 24.8. The number of β-amino-alcohol motifs (C(OH)–C–C–N with tert-alkyl or cyclic N) is 1. The van der Waals surface area contributed by atoms with E-state index in [1.54, 1.807) is 4.90 Å². The van der Waals surface area contributed by atoms with Gasteiger partial charge in [-0.25, -0.2) is 0 Å². The van der Waals surface area contributed by atoms with Gasteiger partial charge < -0.3 is 10.0 Å². The Labute approximate surface area is 66.3 Å². The maximum Gasteiger partial charge on any atom is 0.246 e. The fraction of sp³-hybridized carbons (Fsp3) is 0.625. The van der Waals surface area contributed by atoms with Gasteiger partial charge in [0.25, 0.3) is 0 Å². The minimum atomic E-state index is -0.340. The predicted molar refractivity (Wildman–Crippen MR) is 42.0 cm³/mol. The summed E-state index contributed by atoms with van der Waals surface area (Å²) in [7, 11) is 0. The van der Waals surface area contributed by atoms with Crippen LogP contribution in [0.2, 0.25) is 0 Å². The number of hydrogen-bond acceptors (Lipinski definition) is 2. The SMILES string of the molecule is C=CC(=O)N1CCC[C@@H](O)C1. The van der Waals surface area contributed by atoms with Crippen LogP contribution in [0.5, 0.6) is 0 Å². The Hall–Kier alpha value is -0.830. The largest absolute Gasteiger partial charge is 0.391 e. The summed E-state index contributed by atoms with van der Waals surface area (Å²) in [6, 6.07) is 0. The van der Waals surface area contributed by atoms with E-state index in [0.29, 0.717) is 6.54 Å². The molecule has 1 saturated heterocycles. The van der Waals surface area contributed by atoms with Gasteiger partial charge in [0.05, 0.1) is 6.10 Å². The van der Waals surface area contributed by atoms with Crippen LogP contribution in [0.1, 0.15) is 12.8 Å². The van der Waals surface area contributed by atoms with Crippen molar-refractivity contribution >= 4 is 5.91 Å². The molecule has 62 valence electrons. The Morgan fingerprint density at radius 3 is 3.00 bits per heavy atom. The summed E-state index contributed by atoms with van der Waals surface area (Å²) in [6.07, 6.45) is 2.65. The van der Waals surface area contributed by atoms with E-state index in [4.69, 9.17) is 0 Å². The zero-order valence-corrected chi connectivity index (χ0v) is 6.49. The maximum atomic E-state index is 11.0. The fourth-order valence-electron chi connectivity index (χ4n) is 1.28. The van der Waals surface area contributed by atoms with Gasteiger partial charge in [-0.15, -0.1) is 0 Å². The van der Waals surface area contributed by atoms with Crippen molar-refractivity contribution in [3.05, 3.63) is 12.7 Å². The minimum absolute atomic E-state index is 0.0799. The predicted octanol–water partition coefficient (Wildman–Crippen LogP) is 0.156. The fourth-order valence-corrected chi connectivity index (χ4v) is 1.28. The molecule has 0 radical (unpaired) electrons. The Balaban J connectivity index is 2.45. The van der Waals surface area contributed by atoms with E-state index < -0.39 is 0 Å². The highest BCUT2D eigenvalue weighted by atomic mass is 16.3. The first-order valence-corrected chi connectivity index (χ1v) is 3.83. The Bertz CT molecular complexity index is 167. The lowest BCUT2D eigenvalue weighted by Crippen LogP contribution is -2.41. The molecule has 1 atom stereocenters. The molecule has 1 aliphatic heterocycles. The molecule has 1 aliphatic rings. The average Bonchev–Trinajstić information content (AvgIpc) is 2.03. The minimum Gasteiger partial charge on any atom is -0.391 e. The van der Waals surface area contributed by atoms with Crippen LogP contribution in [0.3, 0.4) is 0 Å². The van der Waals surface area contributed by atoms with E-state index in [1.165, 1.54) is 6.08 Å². The molecule has 0 aromatic rings. The molecule has 1 fully saturated rings. The quantitative estimate of drug-likeness (QED) is 0.548. The summed E-state index contributed by atoms with van der Waals surface area (Å²) in [5.41, 5.74) is 0. The number of nitrogens with zero attached hydrogens (tertiary/aromatic N) is 1. The first-order valence-electron chi connectivity index (χ1n) is 3.83. The van der Waals surface area contributed by atoms with Gasteiger partial charge in [0.15, 0.2) is 0 Å². The molecule has 0 spiro atoms. The molecule has 0 aromatic heterocycles. The highest BCUT2D eigenvalue weighted by molar-refractivity contribution is 5.87. The summed E-state index contributed by atoms with van der Waals surface area (Å²) in [5.74, 6) is -0.0799. The van der Waals surface area contributed by atoms with Gasteiger partial charge in [-0.3, -0.25) is 4.79 Å². The first kappa shape index (κ1) is 8.27. The number of rotatable bonds is 1. The van der Waals surface area contributed by atoms with Crippen molar-refractivity contribution in [2.75, 3.05) is 13.1 Å². The van der Waals surface area contributed by atoms with Crippen LogP contribution in [0.15, 0.2) is 12.7 Å². The highest BCUT2D eigenvalue weighted by Crippen LogP contribution is 2.09. The molecule has 0 aliphatic carbocycles. The van der Waals surface area contributed by atoms with Crippen molar-refractivity contribution in [1.29, 1.82) is 0 Å². The molecule has 3 nitrogen and oxygen atoms in total. The van der Waals surface area contributed by atoms with Crippen LogP contribution in [-0.2, 0) is 4.79 Å². The van der Waals surface area contributed by atoms with Crippen molar-refractivity contribution in [2.24, 2.45) is 0 Å². The third kappa shape index (κ3) is 2.05. The van der Waals surface area contributed by atoms with Crippen LogP contribution < -0.4 is 0 Å². The lowest BCUT2D eigenvalue weighted by Gasteiger charge is -2.28. The maximum absolute atomic E-state index is 11.0. The van der Waals surface area contributed by atoms with Crippen molar-refractivity contribution in [2.45, 2.75) is 18.9 Å². The van der Waals surface area contributed by atoms with Gasteiger partial charge in [-0.05, 0) is 18.9 Å². The van der Waals surface area contributed by atoms with Crippen molar-refractivity contribution in [3.8, 4) is 0 Å². The van der Waals surface area contributed by atoms with Crippen LogP contribution in [-0.4, -0.2) is 35.1 Å². The molecule has 0 bridgehead atoms. The summed E-state index contributed by atoms with van der Waals surface area (Å²) in [4.78, 5) is 12.6. The molecule has 0 aromatic carbocycles. The molecular formula is C8H13NO2. The number of amides is 1. The highest BCUT2D eigenvalue weighted by Gasteiger charge is 2.19. The van der Waals surface area contributed by atoms with Gasteiger partial charge in [0, 0.05) is 13.1 Å². The molecule has 0 saturated carbocycles. The molecule has 1 rings (SSSR count). The van der Waals surface area contributed by atoms with E-state index in [2.05, 4.69) is 6.58 Å². The van der Waals surface area contributed by atoms with Gasteiger partial charge in [0.2, 0.25) is 5.91 Å². The summed E-state index contributed by atoms with van der Waals surface area (Å²) < 4.78 is 0. The lowest BCUT2D eigenvalue weighted by atomic mass is 10.1. The second-order valence-corrected chi connectivity index (χ2v) is 2.78. The summed E-state index contributed by atoms with van der Waals surface area (Å²) in [5, 5.41) is 9.20. The molecule has 0 unspecified atom stereocenters. The Morgan fingerprint density at radius 1 is 1.73 bits per heavy atom. The third-order valence-corrected chi connectivity index (χ3v) is 1.88. The first-order chi connectivity index (χ1) is 5.24. The number of aliphatic hydroxyl groups excluding tert-OH is 1. The van der Waals surface area contributed by atoms with E-state index in [0.717, 1.165) is 19.4 Å². The number of hydrogen-bond donors (Lipinski definition) is 1. The Morgan fingerprint density at radius 2 is 2.45 bits per heavy atom. The van der Waals surface area contributed by atoms with E-state index >= 15 is 0 Å². The topological polar surface area (TPSA) is 40.5 Å². The zero-order valence-electron chi connectivity index (χ0n) is 6.49. The molecular weight excluding hydrogens is 142 g/mol. The molecule has 3 heteroatoms. The number of likely N-dealkylation sites (tertiary alicyclic amines) is 1. The van der Waals surface area contributed by atoms with E-state index in [9.17, 15) is 9.90 Å². The van der Waals surface area contributed by atoms with Crippen molar-refractivity contribution in [3.63, 3.8) is 0 Å². The average molecular weight is 155 g/mol.